The summed E-state index contributed by atoms with van der Waals surface area (Å²) in [5, 5.41) is 5.91. The smallest absolute Gasteiger partial charge is 0.327 e. The van der Waals surface area contributed by atoms with Crippen molar-refractivity contribution in [3.05, 3.63) is 63.6 Å². The molecule has 1 fully saturated rings. The van der Waals surface area contributed by atoms with Crippen LogP contribution in [0.5, 0.6) is 0 Å². The van der Waals surface area contributed by atoms with Crippen molar-refractivity contribution in [3.8, 4) is 0 Å². The van der Waals surface area contributed by atoms with Gasteiger partial charge in [0.25, 0.3) is 5.91 Å². The van der Waals surface area contributed by atoms with Gasteiger partial charge in [0.2, 0.25) is 12.1 Å². The molecule has 2 unspecified atom stereocenters. The van der Waals surface area contributed by atoms with Gasteiger partial charge >= 0.3 is 6.18 Å². The van der Waals surface area contributed by atoms with Crippen LogP contribution in [0, 0.1) is 11.8 Å². The highest BCUT2D eigenvalue weighted by Crippen LogP contribution is 2.47. The minimum absolute atomic E-state index is 0.0335. The van der Waals surface area contributed by atoms with Crippen LogP contribution in [-0.4, -0.2) is 29.9 Å². The van der Waals surface area contributed by atoms with Crippen LogP contribution in [0.3, 0.4) is 0 Å². The van der Waals surface area contributed by atoms with Gasteiger partial charge < -0.3 is 10.6 Å². The van der Waals surface area contributed by atoms with Gasteiger partial charge in [-0.25, -0.2) is 0 Å². The summed E-state index contributed by atoms with van der Waals surface area (Å²) >= 11 is 12.0. The van der Waals surface area contributed by atoms with E-state index >= 15 is 0 Å². The van der Waals surface area contributed by atoms with Crippen molar-refractivity contribution < 1.29 is 22.8 Å². The van der Waals surface area contributed by atoms with Crippen LogP contribution in [0.1, 0.15) is 30.4 Å². The monoisotopic (exact) mass is 497 g/mol. The average molecular weight is 498 g/mol. The fourth-order valence-electron chi connectivity index (χ4n) is 3.90. The third kappa shape index (κ3) is 5.50. The Morgan fingerprint density at radius 2 is 1.91 bits per heavy atom. The summed E-state index contributed by atoms with van der Waals surface area (Å²) in [7, 11) is 0. The maximum atomic E-state index is 14.0. The minimum atomic E-state index is -4.53. The number of fused-ring (bicyclic) bond motifs is 1. The number of benzene rings is 2. The maximum Gasteiger partial charge on any atom is 0.397 e. The van der Waals surface area contributed by atoms with Crippen LogP contribution in [0.2, 0.25) is 10.0 Å². The van der Waals surface area contributed by atoms with E-state index in [1.165, 1.54) is 12.1 Å². The zero-order chi connectivity index (χ0) is 23.8. The van der Waals surface area contributed by atoms with Crippen LogP contribution < -0.4 is 10.6 Å². The van der Waals surface area contributed by atoms with Crippen molar-refractivity contribution in [1.82, 2.24) is 5.32 Å². The summed E-state index contributed by atoms with van der Waals surface area (Å²) in [5.74, 6) is -3.63. The molecular formula is C23H20Cl2F3N3O2. The number of nitrogens with one attached hydrogen (secondary N) is 2. The quantitative estimate of drug-likeness (QED) is 0.560. The normalized spacial score (nSPS) is 19.1. The van der Waals surface area contributed by atoms with Crippen molar-refractivity contribution in [2.75, 3.05) is 5.32 Å². The molecule has 2 aliphatic rings. The molecule has 0 saturated heterocycles. The van der Waals surface area contributed by atoms with Crippen molar-refractivity contribution in [2.45, 2.75) is 38.0 Å². The number of hydrogen-bond acceptors (Lipinski definition) is 3. The van der Waals surface area contributed by atoms with Gasteiger partial charge in [-0.1, -0.05) is 47.5 Å². The fourth-order valence-corrected chi connectivity index (χ4v) is 4.40. The summed E-state index contributed by atoms with van der Waals surface area (Å²) in [6, 6.07) is 11.1. The summed E-state index contributed by atoms with van der Waals surface area (Å²) in [6.45, 7) is 0. The SMILES string of the molecule is O=C(CCc1ccc(Cl)cc1Cl)NC1N=C(C(C2CC2)C(F)(F)F)c2ccccc2NC1=O. The molecule has 2 aromatic rings. The molecule has 0 aromatic heterocycles. The second-order valence-electron chi connectivity index (χ2n) is 8.11. The number of para-hydroxylation sites is 1. The van der Waals surface area contributed by atoms with E-state index < -0.39 is 36.0 Å². The lowest BCUT2D eigenvalue weighted by molar-refractivity contribution is -0.160. The first-order valence-corrected chi connectivity index (χ1v) is 11.2. The molecule has 0 spiro atoms. The molecule has 1 saturated carbocycles. The van der Waals surface area contributed by atoms with E-state index in [1.54, 1.807) is 30.3 Å². The summed E-state index contributed by atoms with van der Waals surface area (Å²) in [6.07, 6.45) is -4.91. The molecule has 174 valence electrons. The highest BCUT2D eigenvalue weighted by molar-refractivity contribution is 6.35. The lowest BCUT2D eigenvalue weighted by Gasteiger charge is -2.23. The fraction of sp³-hybridized carbons (Fsp3) is 0.348. The van der Waals surface area contributed by atoms with Crippen molar-refractivity contribution in [2.24, 2.45) is 16.8 Å². The molecule has 1 aliphatic carbocycles. The summed E-state index contributed by atoms with van der Waals surface area (Å²) in [5.41, 5.74) is 0.902. The van der Waals surface area contributed by atoms with Gasteiger partial charge in [-0.3, -0.25) is 14.6 Å². The molecule has 1 heterocycles. The van der Waals surface area contributed by atoms with Gasteiger partial charge in [0, 0.05) is 27.7 Å². The number of halogens is 5. The van der Waals surface area contributed by atoms with E-state index in [1.807, 2.05) is 0 Å². The van der Waals surface area contributed by atoms with Crippen molar-refractivity contribution in [3.63, 3.8) is 0 Å². The number of benzodiazepines with no additional fused rings is 1. The highest BCUT2D eigenvalue weighted by Gasteiger charge is 2.52. The zero-order valence-electron chi connectivity index (χ0n) is 17.3. The number of nitrogens with zero attached hydrogens (tertiary/aromatic N) is 1. The zero-order valence-corrected chi connectivity index (χ0v) is 18.8. The predicted octanol–water partition coefficient (Wildman–Crippen LogP) is 5.40. The van der Waals surface area contributed by atoms with Crippen molar-refractivity contribution in [1.29, 1.82) is 0 Å². The Bertz CT molecular complexity index is 1120. The molecule has 10 heteroatoms. The molecule has 0 radical (unpaired) electrons. The molecule has 2 N–H and O–H groups in total. The lowest BCUT2D eigenvalue weighted by atomic mass is 9.90. The van der Waals surface area contributed by atoms with Gasteiger partial charge in [-0.2, -0.15) is 13.2 Å². The van der Waals surface area contributed by atoms with Crippen LogP contribution in [0.15, 0.2) is 47.5 Å². The van der Waals surface area contributed by atoms with Gasteiger partial charge in [0.1, 0.15) is 5.92 Å². The molecule has 33 heavy (non-hydrogen) atoms. The van der Waals surface area contributed by atoms with E-state index in [4.69, 9.17) is 23.2 Å². The van der Waals surface area contributed by atoms with Crippen LogP contribution >= 0.6 is 23.2 Å². The van der Waals surface area contributed by atoms with Gasteiger partial charge in [0.05, 0.1) is 5.71 Å². The second kappa shape index (κ2) is 9.35. The third-order valence-electron chi connectivity index (χ3n) is 5.65. The number of carbonyl (C=O) groups excluding carboxylic acids is 2. The number of carbonyl (C=O) groups is 2. The molecule has 2 atom stereocenters. The number of amides is 2. The first kappa shape index (κ1) is 23.6. The first-order valence-electron chi connectivity index (χ1n) is 10.4. The molecule has 2 aromatic carbocycles. The van der Waals surface area contributed by atoms with E-state index in [2.05, 4.69) is 15.6 Å². The van der Waals surface area contributed by atoms with Crippen LogP contribution in [0.4, 0.5) is 18.9 Å². The largest absolute Gasteiger partial charge is 0.397 e. The predicted molar refractivity (Wildman–Crippen MR) is 121 cm³/mol. The van der Waals surface area contributed by atoms with Gasteiger partial charge in [-0.05, 0) is 48.9 Å². The number of alkyl halides is 3. The lowest BCUT2D eigenvalue weighted by Crippen LogP contribution is -2.43. The van der Waals surface area contributed by atoms with E-state index in [0.717, 1.165) is 0 Å². The van der Waals surface area contributed by atoms with Crippen LogP contribution in [0.25, 0.3) is 0 Å². The molecule has 1 aliphatic heterocycles. The Hall–Kier alpha value is -2.58. The Morgan fingerprint density at radius 3 is 2.58 bits per heavy atom. The third-order valence-corrected chi connectivity index (χ3v) is 6.24. The van der Waals surface area contributed by atoms with Gasteiger partial charge in [-0.15, -0.1) is 0 Å². The maximum absolute atomic E-state index is 14.0. The highest BCUT2D eigenvalue weighted by atomic mass is 35.5. The average Bonchev–Trinajstić information content (AvgIpc) is 3.56. The standard InChI is InChI=1S/C23H20Cl2F3N3O2/c24-14-9-7-12(16(25)11-14)8-10-18(32)30-21-22(33)29-17-4-2-1-3-15(17)20(31-21)19(13-5-6-13)23(26,27)28/h1-4,7,9,11,13,19,21H,5-6,8,10H2,(H,29,33)(H,30,32). The van der Waals surface area contributed by atoms with Crippen molar-refractivity contribution >= 4 is 46.4 Å². The molecular weight excluding hydrogens is 478 g/mol. The van der Waals surface area contributed by atoms with Crippen LogP contribution in [-0.2, 0) is 16.0 Å². The Kier molecular flexibility index (Phi) is 6.68. The topological polar surface area (TPSA) is 70.6 Å². The molecule has 4 rings (SSSR count). The number of rotatable bonds is 6. The molecule has 0 bridgehead atoms. The molecule has 5 nitrogen and oxygen atoms in total. The number of hydrogen-bond donors (Lipinski definition) is 2. The Labute approximate surface area is 198 Å². The molecule has 2 amide bonds. The minimum Gasteiger partial charge on any atom is -0.327 e. The summed E-state index contributed by atoms with van der Waals surface area (Å²) in [4.78, 5) is 29.5. The summed E-state index contributed by atoms with van der Waals surface area (Å²) < 4.78 is 42.0. The number of anilines is 1. The van der Waals surface area contributed by atoms with Gasteiger partial charge in [0.15, 0.2) is 0 Å². The van der Waals surface area contributed by atoms with E-state index in [-0.39, 0.29) is 29.8 Å². The Balaban J connectivity index is 1.58. The van der Waals surface area contributed by atoms with E-state index in [9.17, 15) is 22.8 Å². The Morgan fingerprint density at radius 1 is 1.18 bits per heavy atom. The second-order valence-corrected chi connectivity index (χ2v) is 8.96. The first-order chi connectivity index (χ1) is 15.6. The number of aliphatic imine (C=N–C) groups is 1. The van der Waals surface area contributed by atoms with E-state index in [0.29, 0.717) is 28.5 Å². The number of aryl methyl sites for hydroxylation is 1.